The summed E-state index contributed by atoms with van der Waals surface area (Å²) >= 11 is 11.9. The van der Waals surface area contributed by atoms with Crippen molar-refractivity contribution in [1.82, 2.24) is 20.6 Å². The minimum absolute atomic E-state index is 0.143. The second-order valence-electron chi connectivity index (χ2n) is 6.81. The summed E-state index contributed by atoms with van der Waals surface area (Å²) < 4.78 is 39.4. The normalized spacial score (nSPS) is 11.3. The van der Waals surface area contributed by atoms with Crippen LogP contribution in [0.25, 0.3) is 22.5 Å². The van der Waals surface area contributed by atoms with Gasteiger partial charge in [0, 0.05) is 21.3 Å². The fourth-order valence-corrected chi connectivity index (χ4v) is 3.61. The fraction of sp³-hybridized carbons (Fsp3) is 0.0476. The molecule has 0 saturated heterocycles. The molecule has 0 saturated carbocycles. The number of hydrogen-bond donors (Lipinski definition) is 3. The van der Waals surface area contributed by atoms with E-state index in [0.29, 0.717) is 38.1 Å². The number of hydrogen-bond acceptors (Lipinski definition) is 4. The Balaban J connectivity index is 1.66. The van der Waals surface area contributed by atoms with Crippen LogP contribution in [0.5, 0.6) is 0 Å². The lowest BCUT2D eigenvalue weighted by Crippen LogP contribution is -2.20. The number of anilines is 2. The van der Waals surface area contributed by atoms with E-state index in [1.54, 1.807) is 18.2 Å². The third kappa shape index (κ3) is 5.41. The van der Waals surface area contributed by atoms with Crippen LogP contribution in [0.4, 0.5) is 29.3 Å². The minimum Gasteiger partial charge on any atom is -0.308 e. The molecule has 2 amide bonds. The number of aromatic nitrogens is 4. The molecule has 7 nitrogen and oxygen atoms in total. The van der Waals surface area contributed by atoms with Crippen LogP contribution in [-0.4, -0.2) is 26.7 Å². The van der Waals surface area contributed by atoms with E-state index in [1.165, 1.54) is 30.3 Å². The molecule has 3 N–H and O–H groups in total. The highest BCUT2D eigenvalue weighted by atomic mass is 35.5. The molecule has 0 aliphatic heterocycles. The molecule has 1 heterocycles. The number of halogens is 5. The van der Waals surface area contributed by atoms with E-state index in [-0.39, 0.29) is 5.82 Å². The molecule has 0 unspecified atom stereocenters. The number of alkyl halides is 3. The second-order valence-corrected chi connectivity index (χ2v) is 7.68. The van der Waals surface area contributed by atoms with Gasteiger partial charge in [0.05, 0.1) is 11.3 Å². The van der Waals surface area contributed by atoms with E-state index in [4.69, 9.17) is 23.2 Å². The summed E-state index contributed by atoms with van der Waals surface area (Å²) in [5, 5.41) is 19.6. The van der Waals surface area contributed by atoms with Gasteiger partial charge in [-0.3, -0.25) is 0 Å². The molecule has 1 aromatic heterocycles. The van der Waals surface area contributed by atoms with Crippen molar-refractivity contribution in [2.45, 2.75) is 6.18 Å². The Labute approximate surface area is 194 Å². The van der Waals surface area contributed by atoms with Crippen LogP contribution in [0.15, 0.2) is 60.7 Å². The lowest BCUT2D eigenvalue weighted by atomic mass is 9.99. The van der Waals surface area contributed by atoms with Gasteiger partial charge in [0.15, 0.2) is 0 Å². The molecule has 0 bridgehead atoms. The van der Waals surface area contributed by atoms with Crippen LogP contribution in [0, 0.1) is 0 Å². The summed E-state index contributed by atoms with van der Waals surface area (Å²) in [6.45, 7) is 0. The van der Waals surface area contributed by atoms with E-state index in [1.807, 2.05) is 0 Å². The van der Waals surface area contributed by atoms with E-state index in [0.717, 1.165) is 12.1 Å². The van der Waals surface area contributed by atoms with Gasteiger partial charge in [0.25, 0.3) is 0 Å². The third-order valence-electron chi connectivity index (χ3n) is 4.50. The first-order valence-corrected chi connectivity index (χ1v) is 10.0. The lowest BCUT2D eigenvalue weighted by Gasteiger charge is -2.13. The van der Waals surface area contributed by atoms with Crippen LogP contribution in [-0.2, 0) is 6.18 Å². The SMILES string of the molecule is O=C(Nc1cc(Cl)cc(Cl)c1)Nc1ccc(-c2cccc(C(F)(F)F)c2)cc1-c1nn[nH]n1. The van der Waals surface area contributed by atoms with Crippen molar-refractivity contribution in [3.63, 3.8) is 0 Å². The minimum atomic E-state index is -4.48. The maximum atomic E-state index is 13.1. The Bertz CT molecular complexity index is 1290. The molecule has 12 heteroatoms. The molecule has 0 fully saturated rings. The number of urea groups is 1. The second kappa shape index (κ2) is 9.08. The summed E-state index contributed by atoms with van der Waals surface area (Å²) in [7, 11) is 0. The van der Waals surface area contributed by atoms with Crippen molar-refractivity contribution in [1.29, 1.82) is 0 Å². The molecule has 4 rings (SSSR count). The molecule has 33 heavy (non-hydrogen) atoms. The zero-order valence-electron chi connectivity index (χ0n) is 16.4. The van der Waals surface area contributed by atoms with Crippen LogP contribution in [0.3, 0.4) is 0 Å². The number of tetrazole rings is 1. The highest BCUT2D eigenvalue weighted by molar-refractivity contribution is 6.35. The molecule has 0 aliphatic rings. The summed E-state index contributed by atoms with van der Waals surface area (Å²) in [6, 6.07) is 13.5. The van der Waals surface area contributed by atoms with Gasteiger partial charge in [-0.2, -0.15) is 18.4 Å². The van der Waals surface area contributed by atoms with Crippen molar-refractivity contribution in [2.24, 2.45) is 0 Å². The highest BCUT2D eigenvalue weighted by Crippen LogP contribution is 2.35. The predicted molar refractivity (Wildman–Crippen MR) is 119 cm³/mol. The molecule has 0 spiro atoms. The number of rotatable bonds is 4. The number of nitrogens with one attached hydrogen (secondary N) is 3. The summed E-state index contributed by atoms with van der Waals surface area (Å²) in [6.07, 6.45) is -4.48. The number of amides is 2. The van der Waals surface area contributed by atoms with Gasteiger partial charge in [-0.1, -0.05) is 41.4 Å². The van der Waals surface area contributed by atoms with Crippen molar-refractivity contribution < 1.29 is 18.0 Å². The smallest absolute Gasteiger partial charge is 0.308 e. The van der Waals surface area contributed by atoms with E-state index >= 15 is 0 Å². The molecule has 0 aliphatic carbocycles. The Morgan fingerprint density at radius 2 is 1.64 bits per heavy atom. The van der Waals surface area contributed by atoms with Crippen LogP contribution in [0.1, 0.15) is 5.56 Å². The van der Waals surface area contributed by atoms with Crippen LogP contribution in [0.2, 0.25) is 10.0 Å². The number of benzene rings is 3. The zero-order valence-corrected chi connectivity index (χ0v) is 17.9. The highest BCUT2D eigenvalue weighted by Gasteiger charge is 2.30. The molecule has 0 atom stereocenters. The largest absolute Gasteiger partial charge is 0.416 e. The standard InChI is InChI=1S/C21H13Cl2F3N6O/c22-14-8-15(23)10-16(9-14)27-20(33)28-18-5-4-12(7-17(18)19-29-31-32-30-19)11-2-1-3-13(6-11)21(24,25)26/h1-10H,(H2,27,28,33)(H,29,30,31,32). The van der Waals surface area contributed by atoms with Crippen LogP contribution < -0.4 is 10.6 Å². The maximum Gasteiger partial charge on any atom is 0.416 e. The number of aromatic amines is 1. The van der Waals surface area contributed by atoms with Crippen molar-refractivity contribution in [3.8, 4) is 22.5 Å². The van der Waals surface area contributed by atoms with E-state index in [9.17, 15) is 18.0 Å². The summed E-state index contributed by atoms with van der Waals surface area (Å²) in [5.41, 5.74) is 1.04. The van der Waals surface area contributed by atoms with Gasteiger partial charge < -0.3 is 10.6 Å². The Hall–Kier alpha value is -3.63. The Kier molecular flexibility index (Phi) is 6.21. The van der Waals surface area contributed by atoms with Gasteiger partial charge in [-0.05, 0) is 58.8 Å². The molecule has 168 valence electrons. The predicted octanol–water partition coefficient (Wildman–Crippen LogP) is 6.50. The first kappa shape index (κ1) is 22.6. The molecule has 3 aromatic carbocycles. The Morgan fingerprint density at radius 3 is 2.30 bits per heavy atom. The van der Waals surface area contributed by atoms with Crippen molar-refractivity contribution >= 4 is 40.6 Å². The van der Waals surface area contributed by atoms with Crippen LogP contribution >= 0.6 is 23.2 Å². The van der Waals surface area contributed by atoms with Gasteiger partial charge in [0.1, 0.15) is 0 Å². The van der Waals surface area contributed by atoms with Gasteiger partial charge in [-0.25, -0.2) is 4.79 Å². The monoisotopic (exact) mass is 492 g/mol. The lowest BCUT2D eigenvalue weighted by molar-refractivity contribution is -0.137. The quantitative estimate of drug-likeness (QED) is 0.302. The molecular weight excluding hydrogens is 480 g/mol. The van der Waals surface area contributed by atoms with Gasteiger partial charge >= 0.3 is 12.2 Å². The average molecular weight is 493 g/mol. The summed E-state index contributed by atoms with van der Waals surface area (Å²) in [4.78, 5) is 12.5. The van der Waals surface area contributed by atoms with Gasteiger partial charge in [0.2, 0.25) is 5.82 Å². The summed E-state index contributed by atoms with van der Waals surface area (Å²) in [5.74, 6) is 0.143. The zero-order chi connectivity index (χ0) is 23.6. The number of carbonyl (C=O) groups is 1. The molecule has 4 aromatic rings. The molecular formula is C21H13Cl2F3N6O. The topological polar surface area (TPSA) is 95.6 Å². The number of nitrogens with zero attached hydrogens (tertiary/aromatic N) is 3. The van der Waals surface area contributed by atoms with E-state index in [2.05, 4.69) is 31.3 Å². The molecule has 0 radical (unpaired) electrons. The average Bonchev–Trinajstić information content (AvgIpc) is 3.27. The Morgan fingerprint density at radius 1 is 0.909 bits per heavy atom. The first-order valence-electron chi connectivity index (χ1n) is 9.28. The van der Waals surface area contributed by atoms with E-state index < -0.39 is 17.8 Å². The van der Waals surface area contributed by atoms with Gasteiger partial charge in [-0.15, -0.1) is 10.2 Å². The number of H-pyrrole nitrogens is 1. The third-order valence-corrected chi connectivity index (χ3v) is 4.93. The van der Waals surface area contributed by atoms with Crippen molar-refractivity contribution in [3.05, 3.63) is 76.3 Å². The number of carbonyl (C=O) groups excluding carboxylic acids is 1. The first-order chi connectivity index (χ1) is 15.7. The fourth-order valence-electron chi connectivity index (χ4n) is 3.08. The maximum absolute atomic E-state index is 13.1. The van der Waals surface area contributed by atoms with Crippen molar-refractivity contribution in [2.75, 3.05) is 10.6 Å².